The van der Waals surface area contributed by atoms with Crippen molar-refractivity contribution >= 4 is 5.97 Å². The van der Waals surface area contributed by atoms with E-state index in [9.17, 15) is 9.18 Å². The van der Waals surface area contributed by atoms with Gasteiger partial charge < -0.3 is 5.11 Å². The van der Waals surface area contributed by atoms with Crippen molar-refractivity contribution < 1.29 is 14.3 Å². The molecule has 15 heavy (non-hydrogen) atoms. The number of carbonyl (C=O) groups is 1. The van der Waals surface area contributed by atoms with Gasteiger partial charge in [-0.25, -0.2) is 4.39 Å². The summed E-state index contributed by atoms with van der Waals surface area (Å²) in [5, 5.41) is 8.96. The highest BCUT2D eigenvalue weighted by Gasteiger charge is 2.64. The van der Waals surface area contributed by atoms with Crippen molar-refractivity contribution in [2.24, 2.45) is 11.3 Å². The predicted octanol–water partition coefficient (Wildman–Crippen LogP) is 2.04. The van der Waals surface area contributed by atoms with Gasteiger partial charge in [-0.2, -0.15) is 0 Å². The van der Waals surface area contributed by atoms with E-state index < -0.39 is 23.1 Å². The van der Waals surface area contributed by atoms with Gasteiger partial charge in [0, 0.05) is 12.1 Å². The molecular formula is C11H12FNO2. The Labute approximate surface area is 87.0 Å². The molecule has 0 aliphatic heterocycles. The third-order valence-electron chi connectivity index (χ3n) is 3.17. The standard InChI is InChI=1S/C11H12FNO2/c1-11(2)7(8(11)10(14)15)9-6(12)4-3-5-13-9/h3-5,7-8H,1-2H3,(H,14,15)/t7-,8-/m0/s1. The van der Waals surface area contributed by atoms with Gasteiger partial charge in [0.05, 0.1) is 11.6 Å². The highest BCUT2D eigenvalue weighted by atomic mass is 19.1. The summed E-state index contributed by atoms with van der Waals surface area (Å²) in [6, 6.07) is 2.82. The lowest BCUT2D eigenvalue weighted by Crippen LogP contribution is -2.03. The zero-order chi connectivity index (χ0) is 11.2. The number of hydrogen-bond donors (Lipinski definition) is 1. The molecule has 4 heteroatoms. The molecule has 1 saturated carbocycles. The van der Waals surface area contributed by atoms with Crippen molar-refractivity contribution in [2.45, 2.75) is 19.8 Å². The Morgan fingerprint density at radius 2 is 2.27 bits per heavy atom. The summed E-state index contributed by atoms with van der Waals surface area (Å²) in [6.07, 6.45) is 1.49. The Kier molecular flexibility index (Phi) is 2.03. The molecular weight excluding hydrogens is 197 g/mol. The summed E-state index contributed by atoms with van der Waals surface area (Å²) in [5.41, 5.74) is -0.129. The summed E-state index contributed by atoms with van der Waals surface area (Å²) < 4.78 is 13.4. The molecule has 0 spiro atoms. The topological polar surface area (TPSA) is 50.2 Å². The average Bonchev–Trinajstić information content (AvgIpc) is 2.70. The van der Waals surface area contributed by atoms with Crippen LogP contribution >= 0.6 is 0 Å². The lowest BCUT2D eigenvalue weighted by molar-refractivity contribution is -0.139. The van der Waals surface area contributed by atoms with Crippen LogP contribution in [0.3, 0.4) is 0 Å². The lowest BCUT2D eigenvalue weighted by atomic mass is 10.1. The van der Waals surface area contributed by atoms with E-state index in [4.69, 9.17) is 5.11 Å². The number of aromatic nitrogens is 1. The van der Waals surface area contributed by atoms with E-state index in [-0.39, 0.29) is 11.6 Å². The second-order valence-corrected chi connectivity index (χ2v) is 4.49. The molecule has 3 nitrogen and oxygen atoms in total. The van der Waals surface area contributed by atoms with Gasteiger partial charge in [0.25, 0.3) is 0 Å². The minimum Gasteiger partial charge on any atom is -0.481 e. The summed E-state index contributed by atoms with van der Waals surface area (Å²) in [7, 11) is 0. The first-order chi connectivity index (χ1) is 6.96. The lowest BCUT2D eigenvalue weighted by Gasteiger charge is -2.02. The molecule has 1 aromatic rings. The van der Waals surface area contributed by atoms with Crippen molar-refractivity contribution in [3.05, 3.63) is 29.8 Å². The maximum Gasteiger partial charge on any atom is 0.307 e. The third kappa shape index (κ3) is 1.40. The Hall–Kier alpha value is -1.45. The largest absolute Gasteiger partial charge is 0.481 e. The molecule has 2 rings (SSSR count). The van der Waals surface area contributed by atoms with Crippen molar-refractivity contribution in [1.82, 2.24) is 4.98 Å². The van der Waals surface area contributed by atoms with Crippen LogP contribution in [0.4, 0.5) is 4.39 Å². The second kappa shape index (κ2) is 3.02. The molecule has 0 saturated heterocycles. The maximum atomic E-state index is 13.4. The Morgan fingerprint density at radius 3 is 2.73 bits per heavy atom. The Morgan fingerprint density at radius 1 is 1.60 bits per heavy atom. The molecule has 2 atom stereocenters. The van der Waals surface area contributed by atoms with Gasteiger partial charge in [-0.05, 0) is 17.5 Å². The number of halogens is 1. The number of nitrogens with zero attached hydrogens (tertiary/aromatic N) is 1. The molecule has 1 fully saturated rings. The number of aliphatic carboxylic acids is 1. The van der Waals surface area contributed by atoms with Gasteiger partial charge in [0.2, 0.25) is 0 Å². The molecule has 0 unspecified atom stereocenters. The number of carboxylic acids is 1. The zero-order valence-electron chi connectivity index (χ0n) is 8.57. The fraction of sp³-hybridized carbons (Fsp3) is 0.455. The van der Waals surface area contributed by atoms with Gasteiger partial charge in [-0.3, -0.25) is 9.78 Å². The number of pyridine rings is 1. The molecule has 1 heterocycles. The number of rotatable bonds is 2. The molecule has 0 aromatic carbocycles. The summed E-state index contributed by atoms with van der Waals surface area (Å²) >= 11 is 0. The summed E-state index contributed by atoms with van der Waals surface area (Å²) in [5.74, 6) is -2.13. The van der Waals surface area contributed by atoms with E-state index in [1.165, 1.54) is 18.3 Å². The summed E-state index contributed by atoms with van der Waals surface area (Å²) in [6.45, 7) is 3.65. The van der Waals surface area contributed by atoms with Crippen molar-refractivity contribution in [3.63, 3.8) is 0 Å². The monoisotopic (exact) mass is 209 g/mol. The fourth-order valence-corrected chi connectivity index (χ4v) is 2.24. The normalized spacial score (nSPS) is 27.4. The van der Waals surface area contributed by atoms with Gasteiger partial charge in [0.1, 0.15) is 5.82 Å². The maximum absolute atomic E-state index is 13.4. The first-order valence-electron chi connectivity index (χ1n) is 4.79. The molecule has 1 aromatic heterocycles. The number of carboxylic acid groups (broad SMARTS) is 1. The van der Waals surface area contributed by atoms with Crippen LogP contribution in [-0.2, 0) is 4.79 Å². The van der Waals surface area contributed by atoms with E-state index >= 15 is 0 Å². The molecule has 0 amide bonds. The van der Waals surface area contributed by atoms with Crippen LogP contribution in [0.1, 0.15) is 25.5 Å². The molecule has 1 aliphatic rings. The third-order valence-corrected chi connectivity index (χ3v) is 3.17. The minimum absolute atomic E-state index is 0.273. The number of hydrogen-bond acceptors (Lipinski definition) is 2. The van der Waals surface area contributed by atoms with Crippen LogP contribution in [0.25, 0.3) is 0 Å². The molecule has 1 N–H and O–H groups in total. The van der Waals surface area contributed by atoms with E-state index in [0.29, 0.717) is 0 Å². The van der Waals surface area contributed by atoms with Gasteiger partial charge in [-0.1, -0.05) is 13.8 Å². The van der Waals surface area contributed by atoms with Crippen LogP contribution in [0.5, 0.6) is 0 Å². The average molecular weight is 209 g/mol. The first kappa shape index (κ1) is 10.1. The Balaban J connectivity index is 2.36. The van der Waals surface area contributed by atoms with Gasteiger partial charge in [-0.15, -0.1) is 0 Å². The van der Waals surface area contributed by atoms with Crippen LogP contribution in [0.2, 0.25) is 0 Å². The second-order valence-electron chi connectivity index (χ2n) is 4.49. The summed E-state index contributed by atoms with van der Waals surface area (Å²) in [4.78, 5) is 14.9. The van der Waals surface area contributed by atoms with E-state index in [1.807, 2.05) is 13.8 Å². The van der Waals surface area contributed by atoms with E-state index in [2.05, 4.69) is 4.98 Å². The molecule has 1 aliphatic carbocycles. The van der Waals surface area contributed by atoms with Crippen molar-refractivity contribution in [2.75, 3.05) is 0 Å². The minimum atomic E-state index is -0.880. The fourth-order valence-electron chi connectivity index (χ4n) is 2.24. The van der Waals surface area contributed by atoms with Crippen molar-refractivity contribution in [3.8, 4) is 0 Å². The zero-order valence-corrected chi connectivity index (χ0v) is 8.57. The van der Waals surface area contributed by atoms with Crippen LogP contribution in [0.15, 0.2) is 18.3 Å². The first-order valence-corrected chi connectivity index (χ1v) is 4.79. The molecule has 0 bridgehead atoms. The van der Waals surface area contributed by atoms with E-state index in [0.717, 1.165) is 0 Å². The van der Waals surface area contributed by atoms with Crippen LogP contribution < -0.4 is 0 Å². The SMILES string of the molecule is CC1(C)[C@H](C(=O)O)[C@H]1c1ncccc1F. The van der Waals surface area contributed by atoms with Gasteiger partial charge >= 0.3 is 5.97 Å². The van der Waals surface area contributed by atoms with Crippen LogP contribution in [0, 0.1) is 17.2 Å². The molecule has 80 valence electrons. The van der Waals surface area contributed by atoms with Crippen molar-refractivity contribution in [1.29, 1.82) is 0 Å². The van der Waals surface area contributed by atoms with Crippen LogP contribution in [-0.4, -0.2) is 16.1 Å². The highest BCUT2D eigenvalue weighted by Crippen LogP contribution is 2.64. The van der Waals surface area contributed by atoms with E-state index in [1.54, 1.807) is 0 Å². The van der Waals surface area contributed by atoms with Gasteiger partial charge in [0.15, 0.2) is 0 Å². The predicted molar refractivity (Wildman–Crippen MR) is 51.8 cm³/mol. The highest BCUT2D eigenvalue weighted by molar-refractivity contribution is 5.77. The quantitative estimate of drug-likeness (QED) is 0.810. The smallest absolute Gasteiger partial charge is 0.307 e. The Bertz CT molecular complexity index is 417. The molecule has 0 radical (unpaired) electrons.